The second-order valence-electron chi connectivity index (χ2n) is 6.86. The molecule has 1 aliphatic rings. The van der Waals surface area contributed by atoms with E-state index in [0.717, 1.165) is 24.6 Å². The van der Waals surface area contributed by atoms with Crippen LogP contribution in [0.5, 0.6) is 0 Å². The van der Waals surface area contributed by atoms with Gasteiger partial charge in [0.05, 0.1) is 0 Å². The van der Waals surface area contributed by atoms with E-state index in [4.69, 9.17) is 5.73 Å². The maximum absolute atomic E-state index is 12.9. The molecule has 3 N–H and O–H groups in total. The predicted octanol–water partition coefficient (Wildman–Crippen LogP) is 3.72. The van der Waals surface area contributed by atoms with Gasteiger partial charge < -0.3 is 11.1 Å². The van der Waals surface area contributed by atoms with Crippen molar-refractivity contribution < 1.29 is 13.2 Å². The summed E-state index contributed by atoms with van der Waals surface area (Å²) in [5.74, 6) is -0.0699. The van der Waals surface area contributed by atoms with Gasteiger partial charge in [0, 0.05) is 23.0 Å². The Morgan fingerprint density at radius 3 is 2.57 bits per heavy atom. The van der Waals surface area contributed by atoms with Gasteiger partial charge in [-0.05, 0) is 37.1 Å². The van der Waals surface area contributed by atoms with Crippen molar-refractivity contribution in [3.63, 3.8) is 0 Å². The lowest BCUT2D eigenvalue weighted by atomic mass is 10.0. The van der Waals surface area contributed by atoms with Crippen LogP contribution in [0.2, 0.25) is 0 Å². The molecule has 7 nitrogen and oxygen atoms in total. The highest BCUT2D eigenvalue weighted by Crippen LogP contribution is 2.47. The van der Waals surface area contributed by atoms with Crippen LogP contribution in [0.3, 0.4) is 0 Å². The predicted molar refractivity (Wildman–Crippen MR) is 96.6 cm³/mol. The van der Waals surface area contributed by atoms with Gasteiger partial charge in [0.2, 0.25) is 11.9 Å². The normalized spacial score (nSPS) is 15.3. The molecule has 1 fully saturated rings. The van der Waals surface area contributed by atoms with Crippen LogP contribution in [0, 0.1) is 0 Å². The zero-order valence-electron chi connectivity index (χ0n) is 14.8. The molecular weight excluding hydrogens is 371 g/mol. The number of hydrogen-bond donors (Lipinski definition) is 2. The Hall–Kier alpha value is -3.30. The number of nitrogens with two attached hydrogens (primary N) is 1. The van der Waals surface area contributed by atoms with Gasteiger partial charge in [0.15, 0.2) is 5.82 Å². The summed E-state index contributed by atoms with van der Waals surface area (Å²) >= 11 is 0. The van der Waals surface area contributed by atoms with Gasteiger partial charge in [0.25, 0.3) is 0 Å². The van der Waals surface area contributed by atoms with E-state index in [9.17, 15) is 13.2 Å². The average Bonchev–Trinajstić information content (AvgIpc) is 3.40. The summed E-state index contributed by atoms with van der Waals surface area (Å²) in [6, 6.07) is 7.15. The molecule has 0 amide bonds. The Morgan fingerprint density at radius 1 is 1.07 bits per heavy atom. The SMILES string of the molecule is CC1(c2cc(Nc3nc(N)nc(-c4cccc(C(F)(F)F)n4)n3)ccn2)CC1. The van der Waals surface area contributed by atoms with Gasteiger partial charge in [-0.2, -0.15) is 28.1 Å². The smallest absolute Gasteiger partial charge is 0.368 e. The highest BCUT2D eigenvalue weighted by atomic mass is 19.4. The summed E-state index contributed by atoms with van der Waals surface area (Å²) in [5, 5.41) is 3.01. The first kappa shape index (κ1) is 18.1. The summed E-state index contributed by atoms with van der Waals surface area (Å²) in [6.07, 6.45) is -0.732. The first-order valence-electron chi connectivity index (χ1n) is 8.53. The first-order valence-corrected chi connectivity index (χ1v) is 8.53. The van der Waals surface area contributed by atoms with Crippen LogP contribution in [0.1, 0.15) is 31.2 Å². The lowest BCUT2D eigenvalue weighted by molar-refractivity contribution is -0.141. The monoisotopic (exact) mass is 387 g/mol. The van der Waals surface area contributed by atoms with Crippen LogP contribution in [0.25, 0.3) is 11.5 Å². The Balaban J connectivity index is 1.65. The Bertz CT molecular complexity index is 1030. The van der Waals surface area contributed by atoms with Crippen LogP contribution in [-0.2, 0) is 11.6 Å². The highest BCUT2D eigenvalue weighted by molar-refractivity contribution is 5.59. The summed E-state index contributed by atoms with van der Waals surface area (Å²) in [7, 11) is 0. The van der Waals surface area contributed by atoms with Gasteiger partial charge in [-0.1, -0.05) is 13.0 Å². The molecular formula is C18H16F3N7. The molecule has 1 aliphatic carbocycles. The number of nitrogen functional groups attached to an aromatic ring is 1. The lowest BCUT2D eigenvalue weighted by Gasteiger charge is -2.11. The van der Waals surface area contributed by atoms with Crippen molar-refractivity contribution in [1.29, 1.82) is 0 Å². The maximum Gasteiger partial charge on any atom is 0.433 e. The largest absolute Gasteiger partial charge is 0.433 e. The fourth-order valence-electron chi connectivity index (χ4n) is 2.69. The molecule has 0 aromatic carbocycles. The molecule has 3 aromatic heterocycles. The fourth-order valence-corrected chi connectivity index (χ4v) is 2.69. The van der Waals surface area contributed by atoms with Crippen molar-refractivity contribution in [3.8, 4) is 11.5 Å². The zero-order chi connectivity index (χ0) is 19.9. The topological polar surface area (TPSA) is 102 Å². The minimum atomic E-state index is -4.57. The van der Waals surface area contributed by atoms with Crippen LogP contribution < -0.4 is 11.1 Å². The number of rotatable bonds is 4. The second-order valence-corrected chi connectivity index (χ2v) is 6.86. The number of nitrogens with one attached hydrogen (secondary N) is 1. The van der Waals surface area contributed by atoms with E-state index in [1.165, 1.54) is 12.1 Å². The molecule has 10 heteroatoms. The van der Waals surface area contributed by atoms with E-state index in [1.54, 1.807) is 12.3 Å². The minimum Gasteiger partial charge on any atom is -0.368 e. The first-order chi connectivity index (χ1) is 13.2. The van der Waals surface area contributed by atoms with Crippen LogP contribution in [0.15, 0.2) is 36.5 Å². The summed E-state index contributed by atoms with van der Waals surface area (Å²) in [4.78, 5) is 20.1. The van der Waals surface area contributed by atoms with Crippen molar-refractivity contribution in [2.24, 2.45) is 0 Å². The fraction of sp³-hybridized carbons (Fsp3) is 0.278. The van der Waals surface area contributed by atoms with E-state index < -0.39 is 11.9 Å². The van der Waals surface area contributed by atoms with Gasteiger partial charge in [-0.15, -0.1) is 0 Å². The van der Waals surface area contributed by atoms with Crippen molar-refractivity contribution >= 4 is 17.6 Å². The highest BCUT2D eigenvalue weighted by Gasteiger charge is 2.40. The van der Waals surface area contributed by atoms with Crippen LogP contribution in [0.4, 0.5) is 30.8 Å². The number of hydrogen-bond acceptors (Lipinski definition) is 7. The minimum absolute atomic E-state index is 0.0483. The molecule has 4 rings (SSSR count). The van der Waals surface area contributed by atoms with E-state index in [2.05, 4.69) is 37.2 Å². The van der Waals surface area contributed by atoms with E-state index >= 15 is 0 Å². The molecule has 3 heterocycles. The van der Waals surface area contributed by atoms with Gasteiger partial charge in [-0.3, -0.25) is 4.98 Å². The van der Waals surface area contributed by atoms with Crippen LogP contribution in [-0.4, -0.2) is 24.9 Å². The molecule has 0 saturated heterocycles. The maximum atomic E-state index is 12.9. The summed E-state index contributed by atoms with van der Waals surface area (Å²) in [6.45, 7) is 2.14. The Labute approximate surface area is 158 Å². The number of alkyl halides is 3. The molecule has 28 heavy (non-hydrogen) atoms. The molecule has 0 unspecified atom stereocenters. The third-order valence-electron chi connectivity index (χ3n) is 4.56. The van der Waals surface area contributed by atoms with Gasteiger partial charge in [0.1, 0.15) is 11.4 Å². The third-order valence-corrected chi connectivity index (χ3v) is 4.56. The quantitative estimate of drug-likeness (QED) is 0.703. The molecule has 0 atom stereocenters. The van der Waals surface area contributed by atoms with Gasteiger partial charge >= 0.3 is 6.18 Å². The zero-order valence-corrected chi connectivity index (χ0v) is 14.8. The third kappa shape index (κ3) is 3.71. The summed E-state index contributed by atoms with van der Waals surface area (Å²) in [5.41, 5.74) is 6.38. The van der Waals surface area contributed by atoms with Crippen LogP contribution >= 0.6 is 0 Å². The molecule has 0 spiro atoms. The Kier molecular flexibility index (Phi) is 4.13. The lowest BCUT2D eigenvalue weighted by Crippen LogP contribution is -2.10. The van der Waals surface area contributed by atoms with Crippen molar-refractivity contribution in [1.82, 2.24) is 24.9 Å². The van der Waals surface area contributed by atoms with Crippen molar-refractivity contribution in [2.75, 3.05) is 11.1 Å². The summed E-state index contributed by atoms with van der Waals surface area (Å²) < 4.78 is 38.7. The molecule has 0 bridgehead atoms. The van der Waals surface area contributed by atoms with E-state index in [1.807, 2.05) is 6.07 Å². The van der Waals surface area contributed by atoms with Crippen molar-refractivity contribution in [2.45, 2.75) is 31.4 Å². The Morgan fingerprint density at radius 2 is 1.86 bits per heavy atom. The molecule has 0 radical (unpaired) electrons. The number of nitrogens with zero attached hydrogens (tertiary/aromatic N) is 5. The van der Waals surface area contributed by atoms with E-state index in [0.29, 0.717) is 5.69 Å². The number of halogens is 3. The number of pyridine rings is 2. The second kappa shape index (κ2) is 6.39. The van der Waals surface area contributed by atoms with Gasteiger partial charge in [-0.25, -0.2) is 4.98 Å². The number of anilines is 3. The molecule has 3 aromatic rings. The van der Waals surface area contributed by atoms with E-state index in [-0.39, 0.29) is 28.8 Å². The average molecular weight is 387 g/mol. The standard InChI is InChI=1S/C18H16F3N7/c1-17(6-7-17)13-9-10(5-8-23-13)24-16-27-14(26-15(22)28-16)11-3-2-4-12(25-11)18(19,20)21/h2-5,8-9H,6-7H2,1H3,(H3,22,23,24,26,27,28). The van der Waals surface area contributed by atoms with Crippen molar-refractivity contribution in [3.05, 3.63) is 47.9 Å². The molecule has 144 valence electrons. The number of aromatic nitrogens is 5. The molecule has 1 saturated carbocycles. The molecule has 0 aliphatic heterocycles.